The van der Waals surface area contributed by atoms with E-state index in [0.717, 1.165) is 5.56 Å². The fraction of sp³-hybridized carbons (Fsp3) is 0.167. The molecule has 0 aliphatic heterocycles. The fourth-order valence-electron chi connectivity index (χ4n) is 0.987. The number of aromatic nitrogens is 2. The third kappa shape index (κ3) is 4.52. The first kappa shape index (κ1) is 12.1. The Morgan fingerprint density at radius 2 is 2.06 bits per heavy atom. The van der Waals surface area contributed by atoms with Crippen LogP contribution < -0.4 is 10.5 Å². The van der Waals surface area contributed by atoms with Crippen molar-refractivity contribution < 1.29 is 4.74 Å². The molecule has 2 rings (SSSR count). The molecule has 0 saturated carbocycles. The van der Waals surface area contributed by atoms with Gasteiger partial charge in [0.25, 0.3) is 0 Å². The molecule has 0 bridgehead atoms. The number of hydrogen-bond donors (Lipinski definition) is 1. The van der Waals surface area contributed by atoms with Crippen molar-refractivity contribution in [2.45, 2.75) is 6.54 Å². The van der Waals surface area contributed by atoms with Gasteiger partial charge in [0.2, 0.25) is 5.88 Å². The van der Waals surface area contributed by atoms with Gasteiger partial charge in [-0.2, -0.15) is 0 Å². The SMILES string of the molecule is COc1ccccn1.NCc1cccnc1. The van der Waals surface area contributed by atoms with Crippen LogP contribution in [0.5, 0.6) is 5.88 Å². The Labute approximate surface area is 95.1 Å². The van der Waals surface area contributed by atoms with Crippen molar-refractivity contribution >= 4 is 0 Å². The molecule has 4 nitrogen and oxygen atoms in total. The summed E-state index contributed by atoms with van der Waals surface area (Å²) in [5.41, 5.74) is 6.39. The largest absolute Gasteiger partial charge is 0.481 e. The van der Waals surface area contributed by atoms with Gasteiger partial charge < -0.3 is 10.5 Å². The fourth-order valence-corrected chi connectivity index (χ4v) is 0.987. The molecule has 4 heteroatoms. The topological polar surface area (TPSA) is 61.0 Å². The average Bonchev–Trinajstić information content (AvgIpc) is 2.41. The minimum absolute atomic E-state index is 0.577. The summed E-state index contributed by atoms with van der Waals surface area (Å²) in [6.07, 6.45) is 5.19. The number of nitrogens with two attached hydrogens (primary N) is 1. The van der Waals surface area contributed by atoms with Crippen LogP contribution in [0.25, 0.3) is 0 Å². The minimum Gasteiger partial charge on any atom is -0.481 e. The van der Waals surface area contributed by atoms with Gasteiger partial charge in [-0.05, 0) is 17.7 Å². The highest BCUT2D eigenvalue weighted by atomic mass is 16.5. The van der Waals surface area contributed by atoms with Crippen molar-refractivity contribution in [1.82, 2.24) is 9.97 Å². The van der Waals surface area contributed by atoms with Gasteiger partial charge in [0, 0.05) is 31.2 Å². The van der Waals surface area contributed by atoms with Crippen molar-refractivity contribution in [2.75, 3.05) is 7.11 Å². The number of methoxy groups -OCH3 is 1. The van der Waals surface area contributed by atoms with Gasteiger partial charge in [0.15, 0.2) is 0 Å². The molecular weight excluding hydrogens is 202 g/mol. The Hall–Kier alpha value is -1.94. The molecule has 16 heavy (non-hydrogen) atoms. The van der Waals surface area contributed by atoms with E-state index in [9.17, 15) is 0 Å². The molecule has 2 aromatic heterocycles. The minimum atomic E-state index is 0.577. The van der Waals surface area contributed by atoms with Crippen LogP contribution in [0.1, 0.15) is 5.56 Å². The van der Waals surface area contributed by atoms with Gasteiger partial charge in [-0.3, -0.25) is 4.98 Å². The molecule has 0 aliphatic carbocycles. The van der Waals surface area contributed by atoms with Crippen LogP contribution in [0.15, 0.2) is 48.9 Å². The number of pyridine rings is 2. The number of rotatable bonds is 2. The number of ether oxygens (including phenoxy) is 1. The lowest BCUT2D eigenvalue weighted by molar-refractivity contribution is 0.398. The van der Waals surface area contributed by atoms with Crippen molar-refractivity contribution in [3.8, 4) is 5.88 Å². The highest BCUT2D eigenvalue weighted by molar-refractivity contribution is 5.08. The second-order valence-electron chi connectivity index (χ2n) is 2.94. The Morgan fingerprint density at radius 1 is 1.19 bits per heavy atom. The maximum Gasteiger partial charge on any atom is 0.212 e. The van der Waals surface area contributed by atoms with Crippen molar-refractivity contribution in [3.05, 3.63) is 54.5 Å². The zero-order valence-electron chi connectivity index (χ0n) is 9.21. The van der Waals surface area contributed by atoms with Crippen LogP contribution in [-0.2, 0) is 6.54 Å². The van der Waals surface area contributed by atoms with Crippen LogP contribution in [-0.4, -0.2) is 17.1 Å². The summed E-state index contributed by atoms with van der Waals surface area (Å²) in [6, 6.07) is 9.36. The molecule has 2 aromatic rings. The first-order valence-corrected chi connectivity index (χ1v) is 4.91. The molecule has 0 amide bonds. The molecule has 0 spiro atoms. The molecule has 0 aromatic carbocycles. The average molecular weight is 217 g/mol. The monoisotopic (exact) mass is 217 g/mol. The maximum absolute atomic E-state index is 5.31. The standard InChI is InChI=1S/C6H8N2.C6H7NO/c7-4-6-2-1-3-8-5-6;1-8-6-4-2-3-5-7-6/h1-3,5H,4,7H2;2-5H,1H3. The van der Waals surface area contributed by atoms with Crippen LogP contribution in [0.2, 0.25) is 0 Å². The van der Waals surface area contributed by atoms with Gasteiger partial charge in [-0.1, -0.05) is 12.1 Å². The lowest BCUT2D eigenvalue weighted by Gasteiger charge is -1.92. The van der Waals surface area contributed by atoms with E-state index in [1.54, 1.807) is 31.8 Å². The van der Waals surface area contributed by atoms with E-state index in [-0.39, 0.29) is 0 Å². The quantitative estimate of drug-likeness (QED) is 0.830. The number of nitrogens with zero attached hydrogens (tertiary/aromatic N) is 2. The Bertz CT molecular complexity index is 338. The second kappa shape index (κ2) is 7.36. The predicted molar refractivity (Wildman–Crippen MR) is 62.9 cm³/mol. The molecule has 0 unspecified atom stereocenters. The smallest absolute Gasteiger partial charge is 0.212 e. The molecule has 0 radical (unpaired) electrons. The van der Waals surface area contributed by atoms with Crippen molar-refractivity contribution in [1.29, 1.82) is 0 Å². The summed E-state index contributed by atoms with van der Waals surface area (Å²) in [5, 5.41) is 0. The zero-order valence-corrected chi connectivity index (χ0v) is 9.21. The first-order valence-electron chi connectivity index (χ1n) is 4.91. The number of hydrogen-bond acceptors (Lipinski definition) is 4. The summed E-state index contributed by atoms with van der Waals surface area (Å²) in [6.45, 7) is 0.577. The van der Waals surface area contributed by atoms with Crippen LogP contribution >= 0.6 is 0 Å². The maximum atomic E-state index is 5.31. The van der Waals surface area contributed by atoms with Gasteiger partial charge >= 0.3 is 0 Å². The van der Waals surface area contributed by atoms with Crippen LogP contribution in [0.4, 0.5) is 0 Å². The summed E-state index contributed by atoms with van der Waals surface area (Å²) < 4.78 is 4.80. The Kier molecular flexibility index (Phi) is 5.58. The molecule has 2 N–H and O–H groups in total. The summed E-state index contributed by atoms with van der Waals surface area (Å²) in [4.78, 5) is 7.75. The Balaban J connectivity index is 0.000000160. The van der Waals surface area contributed by atoms with E-state index in [1.807, 2.05) is 24.3 Å². The van der Waals surface area contributed by atoms with Gasteiger partial charge in [-0.15, -0.1) is 0 Å². The lowest BCUT2D eigenvalue weighted by atomic mass is 10.3. The second-order valence-corrected chi connectivity index (χ2v) is 2.94. The third-order valence-electron chi connectivity index (χ3n) is 1.81. The first-order chi connectivity index (χ1) is 7.86. The molecule has 0 saturated heterocycles. The predicted octanol–water partition coefficient (Wildman–Crippen LogP) is 1.63. The zero-order chi connectivity index (χ0) is 11.6. The highest BCUT2D eigenvalue weighted by Crippen LogP contribution is 1.99. The van der Waals surface area contributed by atoms with E-state index in [4.69, 9.17) is 10.5 Å². The molecule has 84 valence electrons. The normalized spacial score (nSPS) is 8.88. The Morgan fingerprint density at radius 3 is 2.44 bits per heavy atom. The van der Waals surface area contributed by atoms with E-state index in [2.05, 4.69) is 9.97 Å². The summed E-state index contributed by atoms with van der Waals surface area (Å²) in [7, 11) is 1.60. The van der Waals surface area contributed by atoms with Gasteiger partial charge in [0.05, 0.1) is 7.11 Å². The van der Waals surface area contributed by atoms with Gasteiger partial charge in [0.1, 0.15) is 0 Å². The van der Waals surface area contributed by atoms with E-state index < -0.39 is 0 Å². The third-order valence-corrected chi connectivity index (χ3v) is 1.81. The van der Waals surface area contributed by atoms with E-state index >= 15 is 0 Å². The molecule has 0 aliphatic rings. The van der Waals surface area contributed by atoms with E-state index in [0.29, 0.717) is 12.4 Å². The highest BCUT2D eigenvalue weighted by Gasteiger charge is 1.82. The lowest BCUT2D eigenvalue weighted by Crippen LogP contribution is -1.95. The van der Waals surface area contributed by atoms with Crippen molar-refractivity contribution in [2.24, 2.45) is 5.73 Å². The van der Waals surface area contributed by atoms with Crippen LogP contribution in [0, 0.1) is 0 Å². The summed E-state index contributed by atoms with van der Waals surface area (Å²) in [5.74, 6) is 0.660. The van der Waals surface area contributed by atoms with Gasteiger partial charge in [-0.25, -0.2) is 4.98 Å². The van der Waals surface area contributed by atoms with E-state index in [1.165, 1.54) is 0 Å². The molecule has 0 fully saturated rings. The molecule has 0 atom stereocenters. The molecule has 2 heterocycles. The van der Waals surface area contributed by atoms with Crippen molar-refractivity contribution in [3.63, 3.8) is 0 Å². The molecular formula is C12H15N3O. The summed E-state index contributed by atoms with van der Waals surface area (Å²) >= 11 is 0. The van der Waals surface area contributed by atoms with Crippen LogP contribution in [0.3, 0.4) is 0 Å².